The highest BCUT2D eigenvalue weighted by Crippen LogP contribution is 2.17. The summed E-state index contributed by atoms with van der Waals surface area (Å²) in [5, 5.41) is 11.5. The van der Waals surface area contributed by atoms with Gasteiger partial charge in [-0.15, -0.1) is 0 Å². The highest BCUT2D eigenvalue weighted by atomic mass is 16.4. The maximum Gasteiger partial charge on any atom is 0.323 e. The van der Waals surface area contributed by atoms with Crippen LogP contribution in [0.4, 0.5) is 4.79 Å². The molecule has 1 rings (SSSR count). The molecular weight excluding hydrogens is 208 g/mol. The Morgan fingerprint density at radius 1 is 1.31 bits per heavy atom. The Balaban J connectivity index is 2.38. The molecule has 0 aliphatic heterocycles. The summed E-state index contributed by atoms with van der Waals surface area (Å²) >= 11 is 0. The first kappa shape index (κ1) is 12.8. The Labute approximate surface area is 95.8 Å². The van der Waals surface area contributed by atoms with E-state index in [1.807, 2.05) is 0 Å². The van der Waals surface area contributed by atoms with Gasteiger partial charge in [-0.25, -0.2) is 4.79 Å². The molecule has 2 N–H and O–H groups in total. The lowest BCUT2D eigenvalue weighted by Crippen LogP contribution is -2.47. The summed E-state index contributed by atoms with van der Waals surface area (Å²) in [4.78, 5) is 23.6. The van der Waals surface area contributed by atoms with Crippen LogP contribution in [0.15, 0.2) is 0 Å². The molecule has 0 atom stereocenters. The summed E-state index contributed by atoms with van der Waals surface area (Å²) in [5.74, 6) is -0.972. The monoisotopic (exact) mass is 228 g/mol. The average Bonchev–Trinajstić information content (AvgIpc) is 2.26. The Morgan fingerprint density at radius 3 is 2.44 bits per heavy atom. The van der Waals surface area contributed by atoms with Crippen molar-refractivity contribution in [1.82, 2.24) is 10.2 Å². The van der Waals surface area contributed by atoms with Crippen molar-refractivity contribution in [2.45, 2.75) is 45.1 Å². The minimum absolute atomic E-state index is 0.226. The summed E-state index contributed by atoms with van der Waals surface area (Å²) in [7, 11) is 0. The minimum atomic E-state index is -0.972. The van der Waals surface area contributed by atoms with Crippen molar-refractivity contribution < 1.29 is 14.7 Å². The molecule has 0 radical (unpaired) electrons. The highest BCUT2D eigenvalue weighted by Gasteiger charge is 2.20. The molecular formula is C11H20N2O3. The number of likely N-dealkylation sites (N-methyl/N-ethyl adjacent to an activating group) is 1. The fourth-order valence-corrected chi connectivity index (χ4v) is 2.00. The van der Waals surface area contributed by atoms with Gasteiger partial charge in [-0.3, -0.25) is 4.79 Å². The van der Waals surface area contributed by atoms with Crippen LogP contribution in [0.2, 0.25) is 0 Å². The van der Waals surface area contributed by atoms with E-state index in [0.717, 1.165) is 25.7 Å². The number of urea groups is 1. The zero-order valence-electron chi connectivity index (χ0n) is 9.74. The smallest absolute Gasteiger partial charge is 0.323 e. The van der Waals surface area contributed by atoms with Crippen molar-refractivity contribution >= 4 is 12.0 Å². The van der Waals surface area contributed by atoms with Crippen LogP contribution in [-0.2, 0) is 4.79 Å². The maximum absolute atomic E-state index is 11.7. The number of nitrogens with one attached hydrogen (secondary N) is 1. The number of nitrogens with zero attached hydrogens (tertiary/aromatic N) is 1. The molecule has 0 heterocycles. The molecule has 0 aromatic carbocycles. The van der Waals surface area contributed by atoms with Crippen LogP contribution in [0.25, 0.3) is 0 Å². The zero-order chi connectivity index (χ0) is 12.0. The topological polar surface area (TPSA) is 69.6 Å². The van der Waals surface area contributed by atoms with Gasteiger partial charge in [0.1, 0.15) is 6.54 Å². The minimum Gasteiger partial charge on any atom is -0.480 e. The van der Waals surface area contributed by atoms with Gasteiger partial charge in [0.25, 0.3) is 0 Å². The molecule has 0 unspecified atom stereocenters. The van der Waals surface area contributed by atoms with Crippen molar-refractivity contribution in [1.29, 1.82) is 0 Å². The van der Waals surface area contributed by atoms with Gasteiger partial charge in [-0.2, -0.15) is 0 Å². The van der Waals surface area contributed by atoms with Crippen LogP contribution in [-0.4, -0.2) is 41.1 Å². The third kappa shape index (κ3) is 4.08. The molecule has 0 spiro atoms. The van der Waals surface area contributed by atoms with Crippen LogP contribution in [0.1, 0.15) is 39.0 Å². The van der Waals surface area contributed by atoms with Crippen LogP contribution < -0.4 is 5.32 Å². The Kier molecular flexibility index (Phi) is 5.08. The third-order valence-corrected chi connectivity index (χ3v) is 2.93. The number of amides is 2. The molecule has 1 aliphatic rings. The van der Waals surface area contributed by atoms with Gasteiger partial charge in [0, 0.05) is 12.6 Å². The van der Waals surface area contributed by atoms with E-state index >= 15 is 0 Å². The number of aliphatic carboxylic acids is 1. The molecule has 1 aliphatic carbocycles. The first-order valence-electron chi connectivity index (χ1n) is 5.90. The Bertz CT molecular complexity index is 250. The summed E-state index contributed by atoms with van der Waals surface area (Å²) in [6.45, 7) is 1.98. The molecule has 1 saturated carbocycles. The van der Waals surface area contributed by atoms with Gasteiger partial charge in [0.2, 0.25) is 0 Å². The van der Waals surface area contributed by atoms with Crippen LogP contribution in [0, 0.1) is 0 Å². The van der Waals surface area contributed by atoms with E-state index in [1.54, 1.807) is 6.92 Å². The van der Waals surface area contributed by atoms with Crippen LogP contribution in [0.5, 0.6) is 0 Å². The molecule has 0 saturated heterocycles. The lowest BCUT2D eigenvalue weighted by molar-refractivity contribution is -0.137. The van der Waals surface area contributed by atoms with E-state index in [4.69, 9.17) is 5.11 Å². The van der Waals surface area contributed by atoms with Gasteiger partial charge in [0.15, 0.2) is 0 Å². The van der Waals surface area contributed by atoms with Gasteiger partial charge < -0.3 is 15.3 Å². The second-order valence-electron chi connectivity index (χ2n) is 4.19. The Morgan fingerprint density at radius 2 is 1.94 bits per heavy atom. The van der Waals surface area contributed by atoms with Crippen molar-refractivity contribution in [3.05, 3.63) is 0 Å². The number of rotatable bonds is 4. The molecule has 2 amide bonds. The van der Waals surface area contributed by atoms with Crippen molar-refractivity contribution in [2.24, 2.45) is 0 Å². The van der Waals surface area contributed by atoms with E-state index in [-0.39, 0.29) is 18.6 Å². The lowest BCUT2D eigenvalue weighted by Gasteiger charge is -2.26. The summed E-state index contributed by atoms with van der Waals surface area (Å²) in [6.07, 6.45) is 5.55. The van der Waals surface area contributed by atoms with Gasteiger partial charge in [0.05, 0.1) is 0 Å². The SMILES string of the molecule is CCN(CC(=O)O)C(=O)NC1CCCCC1. The molecule has 0 aromatic rings. The number of carboxylic acids is 1. The molecule has 0 bridgehead atoms. The molecule has 92 valence electrons. The van der Waals surface area contributed by atoms with E-state index in [2.05, 4.69) is 5.32 Å². The predicted molar refractivity (Wildman–Crippen MR) is 60.3 cm³/mol. The number of carboxylic acid groups (broad SMARTS) is 1. The molecule has 0 aromatic heterocycles. The number of carbonyl (C=O) groups is 2. The first-order chi connectivity index (χ1) is 7.63. The van der Waals surface area contributed by atoms with Crippen molar-refractivity contribution in [3.63, 3.8) is 0 Å². The van der Waals surface area contributed by atoms with Crippen LogP contribution in [0.3, 0.4) is 0 Å². The Hall–Kier alpha value is -1.26. The summed E-state index contributed by atoms with van der Waals surface area (Å²) < 4.78 is 0. The first-order valence-corrected chi connectivity index (χ1v) is 5.90. The standard InChI is InChI=1S/C11H20N2O3/c1-2-13(8-10(14)15)11(16)12-9-6-4-3-5-7-9/h9H,2-8H2,1H3,(H,12,16)(H,14,15). The third-order valence-electron chi connectivity index (χ3n) is 2.93. The second kappa shape index (κ2) is 6.35. The lowest BCUT2D eigenvalue weighted by atomic mass is 9.96. The molecule has 16 heavy (non-hydrogen) atoms. The number of carbonyl (C=O) groups excluding carboxylic acids is 1. The predicted octanol–water partition coefficient (Wildman–Crippen LogP) is 1.44. The van der Waals surface area contributed by atoms with Gasteiger partial charge in [-0.1, -0.05) is 19.3 Å². The van der Waals surface area contributed by atoms with Gasteiger partial charge in [-0.05, 0) is 19.8 Å². The largest absolute Gasteiger partial charge is 0.480 e. The quantitative estimate of drug-likeness (QED) is 0.764. The second-order valence-corrected chi connectivity index (χ2v) is 4.19. The normalized spacial score (nSPS) is 16.8. The van der Waals surface area contributed by atoms with E-state index in [1.165, 1.54) is 11.3 Å². The van der Waals surface area contributed by atoms with E-state index in [0.29, 0.717) is 6.54 Å². The van der Waals surface area contributed by atoms with E-state index in [9.17, 15) is 9.59 Å². The number of hydrogen-bond acceptors (Lipinski definition) is 2. The molecule has 5 nitrogen and oxygen atoms in total. The number of hydrogen-bond donors (Lipinski definition) is 2. The summed E-state index contributed by atoms with van der Waals surface area (Å²) in [6, 6.07) is -0.0269. The molecule has 1 fully saturated rings. The van der Waals surface area contributed by atoms with Crippen molar-refractivity contribution in [3.8, 4) is 0 Å². The zero-order valence-corrected chi connectivity index (χ0v) is 9.74. The van der Waals surface area contributed by atoms with Crippen molar-refractivity contribution in [2.75, 3.05) is 13.1 Å². The molecule has 5 heteroatoms. The van der Waals surface area contributed by atoms with E-state index < -0.39 is 5.97 Å². The fraction of sp³-hybridized carbons (Fsp3) is 0.818. The fourth-order valence-electron chi connectivity index (χ4n) is 2.00. The maximum atomic E-state index is 11.7. The van der Waals surface area contributed by atoms with Gasteiger partial charge >= 0.3 is 12.0 Å². The summed E-state index contributed by atoms with van der Waals surface area (Å²) in [5.41, 5.74) is 0. The average molecular weight is 228 g/mol. The van der Waals surface area contributed by atoms with Crippen LogP contribution >= 0.6 is 0 Å². The highest BCUT2D eigenvalue weighted by molar-refractivity contribution is 5.80.